The van der Waals surface area contributed by atoms with E-state index in [0.29, 0.717) is 0 Å². The highest BCUT2D eigenvalue weighted by Crippen LogP contribution is 2.43. The van der Waals surface area contributed by atoms with Crippen LogP contribution in [0.2, 0.25) is 0 Å². The second kappa shape index (κ2) is 25.4. The first-order valence-corrected chi connectivity index (χ1v) is 33.1. The van der Waals surface area contributed by atoms with Crippen molar-refractivity contribution in [2.45, 2.75) is 6.92 Å². The van der Waals surface area contributed by atoms with Crippen molar-refractivity contribution < 1.29 is 0 Å². The molecule has 0 saturated carbocycles. The molecule has 4 nitrogen and oxygen atoms in total. The molecule has 0 aliphatic carbocycles. The molecular formula is C95H58N4. The molecule has 4 heteroatoms. The number of fused-ring (bicyclic) bond motifs is 15. The van der Waals surface area contributed by atoms with Gasteiger partial charge in [-0.2, -0.15) is 0 Å². The van der Waals surface area contributed by atoms with Crippen molar-refractivity contribution in [3.05, 3.63) is 328 Å². The van der Waals surface area contributed by atoms with E-state index >= 15 is 0 Å². The number of hydrogen-bond acceptors (Lipinski definition) is 0. The zero-order valence-electron chi connectivity index (χ0n) is 54.0. The van der Waals surface area contributed by atoms with E-state index in [-0.39, 0.29) is 0 Å². The molecule has 4 aromatic heterocycles. The molecule has 0 N–H and O–H groups in total. The minimum atomic E-state index is 1.18. The lowest BCUT2D eigenvalue weighted by atomic mass is 10.0. The van der Waals surface area contributed by atoms with Crippen LogP contribution in [0.15, 0.2) is 328 Å². The Morgan fingerprint density at radius 2 is 0.475 bits per heavy atom. The summed E-state index contributed by atoms with van der Waals surface area (Å²) in [5.74, 6) is 22.0. The molecule has 458 valence electrons. The van der Waals surface area contributed by atoms with Crippen molar-refractivity contribution >= 4 is 120 Å². The van der Waals surface area contributed by atoms with Crippen LogP contribution in [0.4, 0.5) is 0 Å². The normalized spacial score (nSPS) is 10.9. The smallest absolute Gasteiger partial charge is 0.0541 e. The fourth-order valence-electron chi connectivity index (χ4n) is 14.7. The van der Waals surface area contributed by atoms with Gasteiger partial charge in [0.1, 0.15) is 0 Å². The van der Waals surface area contributed by atoms with Crippen LogP contribution in [-0.4, -0.2) is 18.3 Å². The van der Waals surface area contributed by atoms with E-state index in [9.17, 15) is 0 Å². The molecule has 19 rings (SSSR count). The first kappa shape index (κ1) is 58.9. The topological polar surface area (TPSA) is 19.7 Å². The predicted molar refractivity (Wildman–Crippen MR) is 419 cm³/mol. The average molecular weight is 1260 g/mol. The highest BCUT2D eigenvalue weighted by Gasteiger charge is 2.20. The largest absolute Gasteiger partial charge is 0.309 e. The summed E-state index contributed by atoms with van der Waals surface area (Å²) in [6, 6.07) is 119. The molecule has 19 aromatic rings. The number of aromatic nitrogens is 4. The van der Waals surface area contributed by atoms with E-state index in [2.05, 4.69) is 399 Å². The van der Waals surface area contributed by atoms with Crippen LogP contribution in [0, 0.1) is 59.7 Å². The van der Waals surface area contributed by atoms with Crippen molar-refractivity contribution in [1.29, 1.82) is 0 Å². The third kappa shape index (κ3) is 10.4. The molecule has 0 spiro atoms. The van der Waals surface area contributed by atoms with Gasteiger partial charge in [-0.1, -0.05) is 230 Å². The molecule has 0 atom stereocenters. The molecule has 0 unspecified atom stereocenters. The number of nitrogens with zero attached hydrogens (tertiary/aromatic N) is 4. The first-order valence-electron chi connectivity index (χ1n) is 33.1. The number of hydrogen-bond donors (Lipinski definition) is 0. The summed E-state index contributed by atoms with van der Waals surface area (Å²) >= 11 is 0. The Labute approximate surface area is 573 Å². The van der Waals surface area contributed by atoms with Gasteiger partial charge in [0.25, 0.3) is 0 Å². The van der Waals surface area contributed by atoms with Crippen LogP contribution in [0.25, 0.3) is 165 Å². The summed E-state index contributed by atoms with van der Waals surface area (Å²) in [7, 11) is 0. The van der Waals surface area contributed by atoms with Crippen LogP contribution in [0.3, 0.4) is 0 Å². The molecule has 0 aliphatic rings. The van der Waals surface area contributed by atoms with Crippen LogP contribution in [0.5, 0.6) is 0 Å². The van der Waals surface area contributed by atoms with Crippen molar-refractivity contribution in [1.82, 2.24) is 18.3 Å². The monoisotopic (exact) mass is 1250 g/mol. The Bertz CT molecular complexity index is 6580. The minimum absolute atomic E-state index is 1.18. The van der Waals surface area contributed by atoms with Crippen molar-refractivity contribution in [3.63, 3.8) is 0 Å². The van der Waals surface area contributed by atoms with Gasteiger partial charge in [0.15, 0.2) is 0 Å². The van der Waals surface area contributed by atoms with Gasteiger partial charge in [0.2, 0.25) is 0 Å². The SMILES string of the molecule is C#CC#CC#CC#CC#CC.c1ccc(-n2c3ccccc3c3cc(-c4ccc5c(c4)c4ccccc4n5-c4cccc5ccccc45)ccc32)cc1.c1ccc2c(-n3c4ccccc4c4cc(-c5ccc6c(c5)c5ccccc5n6-c5cccc6ccccc56)ccc43)cccc2c1. The lowest BCUT2D eigenvalue weighted by molar-refractivity contribution is 1.18. The lowest BCUT2D eigenvalue weighted by Crippen LogP contribution is -1.95. The van der Waals surface area contributed by atoms with Crippen LogP contribution < -0.4 is 0 Å². The molecule has 0 saturated heterocycles. The molecule has 99 heavy (non-hydrogen) atoms. The summed E-state index contributed by atoms with van der Waals surface area (Å²) in [6.45, 7) is 1.71. The number of terminal acetylenes is 1. The predicted octanol–water partition coefficient (Wildman–Crippen LogP) is 23.2. The van der Waals surface area contributed by atoms with Crippen LogP contribution in [0.1, 0.15) is 6.92 Å². The molecule has 0 radical (unpaired) electrons. The fraction of sp³-hybridized carbons (Fsp3) is 0.0105. The molecular weight excluding hydrogens is 1200 g/mol. The molecule has 15 aromatic carbocycles. The van der Waals surface area contributed by atoms with Gasteiger partial charge in [-0.15, -0.1) is 6.42 Å². The highest BCUT2D eigenvalue weighted by molar-refractivity contribution is 6.16. The molecule has 0 amide bonds. The summed E-state index contributed by atoms with van der Waals surface area (Å²) in [5.41, 5.74) is 19.5. The van der Waals surface area contributed by atoms with E-state index in [1.165, 1.54) is 165 Å². The summed E-state index contributed by atoms with van der Waals surface area (Å²) < 4.78 is 9.65. The Morgan fingerprint density at radius 1 is 0.212 bits per heavy atom. The minimum Gasteiger partial charge on any atom is -0.309 e. The second-order valence-corrected chi connectivity index (χ2v) is 24.4. The lowest BCUT2D eigenvalue weighted by Gasteiger charge is -2.12. The second-order valence-electron chi connectivity index (χ2n) is 24.4. The zero-order valence-corrected chi connectivity index (χ0v) is 54.0. The van der Waals surface area contributed by atoms with Crippen molar-refractivity contribution in [3.8, 4) is 105 Å². The maximum absolute atomic E-state index is 4.84. The van der Waals surface area contributed by atoms with E-state index in [4.69, 9.17) is 6.42 Å². The highest BCUT2D eigenvalue weighted by atomic mass is 15.0. The van der Waals surface area contributed by atoms with Crippen LogP contribution in [-0.2, 0) is 0 Å². The van der Waals surface area contributed by atoms with Gasteiger partial charge in [0.05, 0.1) is 61.2 Å². The maximum Gasteiger partial charge on any atom is 0.0541 e. The maximum atomic E-state index is 4.84. The van der Waals surface area contributed by atoms with E-state index < -0.39 is 0 Å². The standard InChI is InChI=1S/C44H28N2.C40H26N2.C11H4/c1-3-15-33-29(11-1)13-9-21-39(33)45-41-19-7-5-17-35(41)37-27-31(23-25-43(37)45)32-24-26-44-38(28-32)36-18-6-8-20-42(36)46(44)40-22-10-14-30-12-2-4-16-34(30)40;1-2-13-30(14-3-1)41-37-18-8-6-16-32(37)34-25-28(21-23-39(34)41)29-22-24-40-35(26-29)33-17-7-9-19-38(33)42(40)36-20-10-12-27-11-4-5-15-31(27)36;1-3-5-7-9-11-10-8-6-4-2/h1-28H;1-26H;1H,2H3. The van der Waals surface area contributed by atoms with Gasteiger partial charge in [0, 0.05) is 64.9 Å². The molecule has 0 bridgehead atoms. The molecule has 0 fully saturated rings. The summed E-state index contributed by atoms with van der Waals surface area (Å²) in [6.07, 6.45) is 4.84. The first-order chi connectivity index (χ1) is 49.1. The van der Waals surface area contributed by atoms with E-state index in [0.717, 1.165) is 0 Å². The van der Waals surface area contributed by atoms with Gasteiger partial charge in [-0.25, -0.2) is 0 Å². The quantitative estimate of drug-likeness (QED) is 0.148. The third-order valence-corrected chi connectivity index (χ3v) is 19.0. The van der Waals surface area contributed by atoms with E-state index in [1.807, 2.05) is 0 Å². The zero-order chi connectivity index (χ0) is 66.2. The van der Waals surface area contributed by atoms with Gasteiger partial charge < -0.3 is 18.3 Å². The summed E-state index contributed by atoms with van der Waals surface area (Å²) in [4.78, 5) is 0. The van der Waals surface area contributed by atoms with Gasteiger partial charge in [-0.3, -0.25) is 0 Å². The Balaban J connectivity index is 0.000000130. The van der Waals surface area contributed by atoms with Crippen LogP contribution >= 0.6 is 0 Å². The third-order valence-electron chi connectivity index (χ3n) is 19.0. The van der Waals surface area contributed by atoms with Crippen molar-refractivity contribution in [2.75, 3.05) is 0 Å². The Hall–Kier alpha value is -13.9. The number of para-hydroxylation sites is 5. The molecule has 0 aliphatic heterocycles. The number of rotatable bonds is 6. The number of benzene rings is 15. The Morgan fingerprint density at radius 3 is 0.818 bits per heavy atom. The van der Waals surface area contributed by atoms with Crippen molar-refractivity contribution in [2.24, 2.45) is 0 Å². The Kier molecular flexibility index (Phi) is 15.1. The summed E-state index contributed by atoms with van der Waals surface area (Å²) in [5, 5.41) is 17.6. The molecule has 4 heterocycles. The van der Waals surface area contributed by atoms with Gasteiger partial charge >= 0.3 is 0 Å². The fourth-order valence-corrected chi connectivity index (χ4v) is 14.7. The average Bonchev–Trinajstić information content (AvgIpc) is 1.60. The van der Waals surface area contributed by atoms with E-state index in [1.54, 1.807) is 6.92 Å². The van der Waals surface area contributed by atoms with Gasteiger partial charge in [-0.05, 0) is 196 Å².